The Kier molecular flexibility index (Phi) is 5.80. The number of aliphatic hydroxyl groups excluding tert-OH is 1. The van der Waals surface area contributed by atoms with Crippen LogP contribution in [0.5, 0.6) is 5.75 Å². The molecule has 1 unspecified atom stereocenters. The van der Waals surface area contributed by atoms with Crippen LogP contribution in [-0.4, -0.2) is 26.7 Å². The van der Waals surface area contributed by atoms with Crippen LogP contribution in [0.2, 0.25) is 0 Å². The smallest absolute Gasteiger partial charge is 0.240 e. The van der Waals surface area contributed by atoms with E-state index in [0.29, 0.717) is 12.4 Å². The fourth-order valence-electron chi connectivity index (χ4n) is 2.20. The van der Waals surface area contributed by atoms with Crippen molar-refractivity contribution >= 4 is 21.4 Å². The number of rotatable bonds is 7. The molecule has 0 aliphatic carbocycles. The summed E-state index contributed by atoms with van der Waals surface area (Å²) < 4.78 is 32.6. The topological polar surface area (TPSA) is 75.6 Å². The monoisotopic (exact) mass is 355 g/mol. The Hall–Kier alpha value is -1.41. The van der Waals surface area contributed by atoms with Gasteiger partial charge in [0.2, 0.25) is 10.0 Å². The average Bonchev–Trinajstić information content (AvgIpc) is 2.93. The van der Waals surface area contributed by atoms with Gasteiger partial charge in [-0.2, -0.15) is 0 Å². The van der Waals surface area contributed by atoms with E-state index in [2.05, 4.69) is 4.72 Å². The van der Waals surface area contributed by atoms with Gasteiger partial charge in [-0.1, -0.05) is 0 Å². The summed E-state index contributed by atoms with van der Waals surface area (Å²) in [6.45, 7) is 6.03. The summed E-state index contributed by atoms with van der Waals surface area (Å²) in [5.74, 6) is 0.667. The van der Waals surface area contributed by atoms with Gasteiger partial charge in [-0.05, 0) is 61.5 Å². The second kappa shape index (κ2) is 7.44. The largest absolute Gasteiger partial charge is 0.494 e. The van der Waals surface area contributed by atoms with Crippen LogP contribution in [0.3, 0.4) is 0 Å². The van der Waals surface area contributed by atoms with Crippen molar-refractivity contribution in [2.45, 2.75) is 31.8 Å². The third-order valence-corrected chi connectivity index (χ3v) is 5.97. The highest BCUT2D eigenvalue weighted by Gasteiger charge is 2.19. The summed E-state index contributed by atoms with van der Waals surface area (Å²) in [5, 5.41) is 12.0. The van der Waals surface area contributed by atoms with Crippen LogP contribution in [0.4, 0.5) is 0 Å². The van der Waals surface area contributed by atoms with Crippen molar-refractivity contribution < 1.29 is 18.3 Å². The number of benzene rings is 1. The molecule has 0 saturated heterocycles. The molecule has 2 N–H and O–H groups in total. The number of aliphatic hydroxyl groups is 1. The number of hydrogen-bond acceptors (Lipinski definition) is 5. The SMILES string of the molecule is CCOc1ccc(S(=O)(=O)NCC(O)c2sccc2C)cc1C. The van der Waals surface area contributed by atoms with Crippen molar-refractivity contribution in [3.63, 3.8) is 0 Å². The molecule has 1 atom stereocenters. The zero-order valence-electron chi connectivity index (χ0n) is 13.4. The predicted molar refractivity (Wildman–Crippen MR) is 91.6 cm³/mol. The first-order valence-corrected chi connectivity index (χ1v) is 9.66. The van der Waals surface area contributed by atoms with Gasteiger partial charge in [-0.25, -0.2) is 13.1 Å². The molecule has 7 heteroatoms. The molecular weight excluding hydrogens is 334 g/mol. The Morgan fingerprint density at radius 1 is 1.26 bits per heavy atom. The van der Waals surface area contributed by atoms with Gasteiger partial charge in [0.15, 0.2) is 0 Å². The first-order chi connectivity index (χ1) is 10.8. The molecule has 2 aromatic rings. The van der Waals surface area contributed by atoms with Crippen LogP contribution in [0.25, 0.3) is 0 Å². The number of sulfonamides is 1. The summed E-state index contributed by atoms with van der Waals surface area (Å²) in [4.78, 5) is 0.934. The maximum Gasteiger partial charge on any atom is 0.240 e. The molecule has 0 fully saturated rings. The fourth-order valence-corrected chi connectivity index (χ4v) is 4.23. The summed E-state index contributed by atoms with van der Waals surface area (Å²) >= 11 is 1.41. The zero-order valence-corrected chi connectivity index (χ0v) is 15.0. The lowest BCUT2D eigenvalue weighted by Gasteiger charge is -2.13. The number of thiophene rings is 1. The molecule has 2 rings (SSSR count). The third kappa shape index (κ3) is 4.32. The van der Waals surface area contributed by atoms with Crippen molar-refractivity contribution in [1.29, 1.82) is 0 Å². The molecular formula is C16H21NO4S2. The number of aryl methyl sites for hydroxylation is 2. The van der Waals surface area contributed by atoms with E-state index in [1.807, 2.05) is 25.3 Å². The van der Waals surface area contributed by atoms with E-state index in [1.165, 1.54) is 17.4 Å². The van der Waals surface area contributed by atoms with Crippen LogP contribution in [0.15, 0.2) is 34.5 Å². The molecule has 0 bridgehead atoms. The maximum absolute atomic E-state index is 12.4. The van der Waals surface area contributed by atoms with Crippen molar-refractivity contribution in [1.82, 2.24) is 4.72 Å². The minimum Gasteiger partial charge on any atom is -0.494 e. The molecule has 0 amide bonds. The summed E-state index contributed by atoms with van der Waals surface area (Å²) in [7, 11) is -3.67. The Morgan fingerprint density at radius 2 is 2.00 bits per heavy atom. The highest BCUT2D eigenvalue weighted by molar-refractivity contribution is 7.89. The Balaban J connectivity index is 2.10. The van der Waals surface area contributed by atoms with Gasteiger partial charge in [0.25, 0.3) is 0 Å². The fraction of sp³-hybridized carbons (Fsp3) is 0.375. The van der Waals surface area contributed by atoms with Gasteiger partial charge >= 0.3 is 0 Å². The number of ether oxygens (including phenoxy) is 1. The van der Waals surface area contributed by atoms with Gasteiger partial charge < -0.3 is 9.84 Å². The Labute approximate surface area is 141 Å². The lowest BCUT2D eigenvalue weighted by Crippen LogP contribution is -2.28. The Morgan fingerprint density at radius 3 is 2.57 bits per heavy atom. The van der Waals surface area contributed by atoms with E-state index in [-0.39, 0.29) is 11.4 Å². The van der Waals surface area contributed by atoms with Crippen LogP contribution in [0.1, 0.15) is 29.0 Å². The molecule has 23 heavy (non-hydrogen) atoms. The molecule has 5 nitrogen and oxygen atoms in total. The lowest BCUT2D eigenvalue weighted by atomic mass is 10.2. The Bertz CT molecular complexity index is 768. The first kappa shape index (κ1) is 17.9. The van der Waals surface area contributed by atoms with Crippen molar-refractivity contribution in [3.05, 3.63) is 45.6 Å². The third-order valence-electron chi connectivity index (χ3n) is 3.43. The average molecular weight is 355 g/mol. The molecule has 126 valence electrons. The molecule has 0 aliphatic heterocycles. The summed E-state index contributed by atoms with van der Waals surface area (Å²) in [5.41, 5.74) is 1.71. The number of hydrogen-bond donors (Lipinski definition) is 2. The molecule has 1 aromatic carbocycles. The minimum absolute atomic E-state index is 0.0596. The lowest BCUT2D eigenvalue weighted by molar-refractivity contribution is 0.185. The van der Waals surface area contributed by atoms with Gasteiger partial charge in [0, 0.05) is 11.4 Å². The van der Waals surface area contributed by atoms with Crippen LogP contribution in [-0.2, 0) is 10.0 Å². The molecule has 0 radical (unpaired) electrons. The van der Waals surface area contributed by atoms with Crippen LogP contribution >= 0.6 is 11.3 Å². The maximum atomic E-state index is 12.4. The molecule has 0 aliphatic rings. The second-order valence-corrected chi connectivity index (χ2v) is 7.91. The zero-order chi connectivity index (χ0) is 17.0. The van der Waals surface area contributed by atoms with E-state index >= 15 is 0 Å². The van der Waals surface area contributed by atoms with E-state index in [9.17, 15) is 13.5 Å². The van der Waals surface area contributed by atoms with E-state index in [1.54, 1.807) is 19.1 Å². The van der Waals surface area contributed by atoms with E-state index in [4.69, 9.17) is 4.74 Å². The van der Waals surface area contributed by atoms with Crippen molar-refractivity contribution in [2.24, 2.45) is 0 Å². The van der Waals surface area contributed by atoms with Gasteiger partial charge in [0.05, 0.1) is 11.5 Å². The van der Waals surface area contributed by atoms with Crippen molar-refractivity contribution in [2.75, 3.05) is 13.2 Å². The van der Waals surface area contributed by atoms with Crippen molar-refractivity contribution in [3.8, 4) is 5.75 Å². The van der Waals surface area contributed by atoms with E-state index < -0.39 is 16.1 Å². The quantitative estimate of drug-likeness (QED) is 0.801. The van der Waals surface area contributed by atoms with Crippen LogP contribution in [0, 0.1) is 13.8 Å². The first-order valence-electron chi connectivity index (χ1n) is 7.30. The second-order valence-electron chi connectivity index (χ2n) is 5.20. The van der Waals surface area contributed by atoms with E-state index in [0.717, 1.165) is 16.0 Å². The minimum atomic E-state index is -3.67. The standard InChI is InChI=1S/C16H21NO4S2/c1-4-21-15-6-5-13(9-12(15)3)23(19,20)17-10-14(18)16-11(2)7-8-22-16/h5-9,14,17-18H,4,10H2,1-3H3. The molecule has 0 spiro atoms. The normalized spacial score (nSPS) is 13.0. The van der Waals surface area contributed by atoms with Gasteiger partial charge in [0.1, 0.15) is 11.9 Å². The molecule has 0 saturated carbocycles. The summed E-state index contributed by atoms with van der Waals surface area (Å²) in [6, 6.07) is 6.61. The number of nitrogens with one attached hydrogen (secondary N) is 1. The summed E-state index contributed by atoms with van der Waals surface area (Å²) in [6.07, 6.45) is -0.853. The predicted octanol–water partition coefficient (Wildman–Crippen LogP) is 2.78. The highest BCUT2D eigenvalue weighted by atomic mass is 32.2. The van der Waals surface area contributed by atoms with Gasteiger partial charge in [-0.3, -0.25) is 0 Å². The molecule has 1 heterocycles. The highest BCUT2D eigenvalue weighted by Crippen LogP contribution is 2.25. The molecule has 1 aromatic heterocycles. The van der Waals surface area contributed by atoms with Crippen LogP contribution < -0.4 is 9.46 Å². The van der Waals surface area contributed by atoms with Gasteiger partial charge in [-0.15, -0.1) is 11.3 Å².